The monoisotopic (exact) mass is 329 g/mol. The lowest BCUT2D eigenvalue weighted by Gasteiger charge is -2.35. The first kappa shape index (κ1) is 15.4. The molecule has 7 nitrogen and oxygen atoms in total. The zero-order chi connectivity index (χ0) is 16.7. The fraction of sp³-hybridized carbons (Fsp3) is 0.647. The van der Waals surface area contributed by atoms with Gasteiger partial charge in [-0.25, -0.2) is 9.97 Å². The number of hydrogen-bond donors (Lipinski definition) is 2. The molecule has 1 aromatic rings. The molecule has 128 valence electrons. The van der Waals surface area contributed by atoms with Crippen LogP contribution in [0.4, 0.5) is 5.82 Å². The van der Waals surface area contributed by atoms with Crippen molar-refractivity contribution < 1.29 is 9.59 Å². The van der Waals surface area contributed by atoms with Gasteiger partial charge < -0.3 is 15.5 Å². The van der Waals surface area contributed by atoms with Crippen LogP contribution in [0.2, 0.25) is 0 Å². The van der Waals surface area contributed by atoms with Crippen molar-refractivity contribution >= 4 is 17.6 Å². The van der Waals surface area contributed by atoms with E-state index in [-0.39, 0.29) is 17.9 Å². The van der Waals surface area contributed by atoms with Crippen molar-refractivity contribution in [2.75, 3.05) is 24.5 Å². The van der Waals surface area contributed by atoms with E-state index in [1.807, 2.05) is 0 Å². The van der Waals surface area contributed by atoms with Crippen LogP contribution in [0.15, 0.2) is 0 Å². The van der Waals surface area contributed by atoms with E-state index in [0.717, 1.165) is 62.4 Å². The molecule has 0 radical (unpaired) electrons. The Labute approximate surface area is 141 Å². The predicted octanol–water partition coefficient (Wildman–Crippen LogP) is 0.745. The molecule has 2 N–H and O–H groups in total. The molecule has 2 fully saturated rings. The van der Waals surface area contributed by atoms with Gasteiger partial charge in [-0.1, -0.05) is 0 Å². The molecule has 0 aromatic carbocycles. The highest BCUT2D eigenvalue weighted by molar-refractivity contribution is 5.96. The van der Waals surface area contributed by atoms with Crippen molar-refractivity contribution in [3.63, 3.8) is 0 Å². The molecule has 0 spiro atoms. The minimum Gasteiger partial charge on any atom is -0.354 e. The van der Waals surface area contributed by atoms with Crippen LogP contribution in [-0.2, 0) is 11.2 Å². The quantitative estimate of drug-likeness (QED) is 0.854. The summed E-state index contributed by atoms with van der Waals surface area (Å²) in [5.74, 6) is 2.04. The summed E-state index contributed by atoms with van der Waals surface area (Å²) in [6.07, 6.45) is 4.97. The second kappa shape index (κ2) is 6.03. The van der Waals surface area contributed by atoms with Crippen LogP contribution in [0.5, 0.6) is 0 Å². The second-order valence-corrected chi connectivity index (χ2v) is 7.00. The van der Waals surface area contributed by atoms with Crippen molar-refractivity contribution in [2.45, 2.75) is 51.0 Å². The molecule has 1 atom stereocenters. The van der Waals surface area contributed by atoms with Crippen LogP contribution in [-0.4, -0.2) is 47.5 Å². The van der Waals surface area contributed by atoms with Crippen molar-refractivity contribution in [1.29, 1.82) is 0 Å². The van der Waals surface area contributed by atoms with Crippen LogP contribution in [0.3, 0.4) is 0 Å². The molecule has 1 saturated carbocycles. The molecule has 7 heteroatoms. The van der Waals surface area contributed by atoms with E-state index in [4.69, 9.17) is 4.98 Å². The normalized spacial score (nSPS) is 23.5. The minimum atomic E-state index is -0.0859. The molecule has 2 aliphatic heterocycles. The number of nitrogens with one attached hydrogen (secondary N) is 2. The predicted molar refractivity (Wildman–Crippen MR) is 89.1 cm³/mol. The third kappa shape index (κ3) is 2.95. The van der Waals surface area contributed by atoms with Crippen LogP contribution in [0.1, 0.15) is 60.4 Å². The van der Waals surface area contributed by atoms with E-state index < -0.39 is 0 Å². The highest BCUT2D eigenvalue weighted by Gasteiger charge is 2.33. The van der Waals surface area contributed by atoms with Gasteiger partial charge in [-0.05, 0) is 32.1 Å². The molecule has 2 amide bonds. The maximum Gasteiger partial charge on any atom is 0.270 e. The number of anilines is 1. The van der Waals surface area contributed by atoms with Gasteiger partial charge in [0.1, 0.15) is 17.3 Å². The Morgan fingerprint density at radius 1 is 1.29 bits per heavy atom. The SMILES string of the molecule is CC(=O)NC1CCCN(c2nc(C3CC3)nc3c2CCNC3=O)C1. The van der Waals surface area contributed by atoms with Gasteiger partial charge in [0.25, 0.3) is 5.91 Å². The van der Waals surface area contributed by atoms with Crippen LogP contribution >= 0.6 is 0 Å². The first-order chi connectivity index (χ1) is 11.6. The van der Waals surface area contributed by atoms with E-state index in [0.29, 0.717) is 18.2 Å². The van der Waals surface area contributed by atoms with Crippen LogP contribution < -0.4 is 15.5 Å². The number of carbonyl (C=O) groups is 2. The standard InChI is InChI=1S/C17H23N5O2/c1-10(23)19-12-3-2-8-22(9-12)16-13-6-7-18-17(24)14(13)20-15(21-16)11-4-5-11/h11-12H,2-9H2,1H3,(H,18,24)(H,19,23). The van der Waals surface area contributed by atoms with Gasteiger partial charge in [-0.15, -0.1) is 0 Å². The maximum atomic E-state index is 12.2. The van der Waals surface area contributed by atoms with Gasteiger partial charge in [-0.2, -0.15) is 0 Å². The minimum absolute atomic E-state index is 0.00427. The van der Waals surface area contributed by atoms with E-state index in [1.165, 1.54) is 0 Å². The van der Waals surface area contributed by atoms with Crippen LogP contribution in [0.25, 0.3) is 0 Å². The highest BCUT2D eigenvalue weighted by Crippen LogP contribution is 2.40. The van der Waals surface area contributed by atoms with Gasteiger partial charge >= 0.3 is 0 Å². The van der Waals surface area contributed by atoms with Crippen molar-refractivity contribution in [1.82, 2.24) is 20.6 Å². The topological polar surface area (TPSA) is 87.2 Å². The highest BCUT2D eigenvalue weighted by atomic mass is 16.2. The number of piperidine rings is 1. The molecule has 1 saturated heterocycles. The lowest BCUT2D eigenvalue weighted by Crippen LogP contribution is -2.48. The number of carbonyl (C=O) groups excluding carboxylic acids is 2. The summed E-state index contributed by atoms with van der Waals surface area (Å²) in [6.45, 7) is 3.84. The summed E-state index contributed by atoms with van der Waals surface area (Å²) in [5.41, 5.74) is 1.52. The summed E-state index contributed by atoms with van der Waals surface area (Å²) >= 11 is 0. The van der Waals surface area contributed by atoms with E-state index in [2.05, 4.69) is 20.5 Å². The molecular formula is C17H23N5O2. The fourth-order valence-corrected chi connectivity index (χ4v) is 3.65. The van der Waals surface area contributed by atoms with Gasteiger partial charge in [0.05, 0.1) is 0 Å². The zero-order valence-corrected chi connectivity index (χ0v) is 14.0. The van der Waals surface area contributed by atoms with Gasteiger partial charge in [0, 0.05) is 44.1 Å². The van der Waals surface area contributed by atoms with Crippen molar-refractivity contribution in [2.24, 2.45) is 0 Å². The number of rotatable bonds is 3. The third-order valence-electron chi connectivity index (χ3n) is 4.95. The third-order valence-corrected chi connectivity index (χ3v) is 4.95. The lowest BCUT2D eigenvalue weighted by atomic mass is 10.0. The molecule has 3 aliphatic rings. The summed E-state index contributed by atoms with van der Waals surface area (Å²) in [4.78, 5) is 35.3. The number of amides is 2. The molecule has 1 aromatic heterocycles. The fourth-order valence-electron chi connectivity index (χ4n) is 3.65. The van der Waals surface area contributed by atoms with E-state index in [9.17, 15) is 9.59 Å². The average Bonchev–Trinajstić information content (AvgIpc) is 3.39. The summed E-state index contributed by atoms with van der Waals surface area (Å²) in [7, 11) is 0. The Hall–Kier alpha value is -2.18. The molecule has 1 unspecified atom stereocenters. The summed E-state index contributed by atoms with van der Waals surface area (Å²) in [6, 6.07) is 0.142. The molecule has 24 heavy (non-hydrogen) atoms. The maximum absolute atomic E-state index is 12.2. The van der Waals surface area contributed by atoms with Crippen molar-refractivity contribution in [3.8, 4) is 0 Å². The number of hydrogen-bond acceptors (Lipinski definition) is 5. The van der Waals surface area contributed by atoms with Gasteiger partial charge in [0.2, 0.25) is 5.91 Å². The number of aromatic nitrogens is 2. The Morgan fingerprint density at radius 3 is 2.88 bits per heavy atom. The first-order valence-corrected chi connectivity index (χ1v) is 8.83. The number of fused-ring (bicyclic) bond motifs is 1. The molecular weight excluding hydrogens is 306 g/mol. The molecule has 0 bridgehead atoms. The van der Waals surface area contributed by atoms with Crippen molar-refractivity contribution in [3.05, 3.63) is 17.1 Å². The molecule has 3 heterocycles. The Bertz CT molecular complexity index is 686. The Morgan fingerprint density at radius 2 is 2.12 bits per heavy atom. The Balaban J connectivity index is 1.68. The lowest BCUT2D eigenvalue weighted by molar-refractivity contribution is -0.119. The largest absolute Gasteiger partial charge is 0.354 e. The molecule has 1 aliphatic carbocycles. The summed E-state index contributed by atoms with van der Waals surface area (Å²) in [5, 5.41) is 5.90. The van der Waals surface area contributed by atoms with Gasteiger partial charge in [-0.3, -0.25) is 9.59 Å². The van der Waals surface area contributed by atoms with E-state index >= 15 is 0 Å². The molecule has 4 rings (SSSR count). The van der Waals surface area contributed by atoms with Crippen LogP contribution in [0, 0.1) is 0 Å². The summed E-state index contributed by atoms with van der Waals surface area (Å²) < 4.78 is 0. The van der Waals surface area contributed by atoms with E-state index in [1.54, 1.807) is 6.92 Å². The Kier molecular flexibility index (Phi) is 3.86. The second-order valence-electron chi connectivity index (χ2n) is 7.00. The zero-order valence-electron chi connectivity index (χ0n) is 14.0. The smallest absolute Gasteiger partial charge is 0.270 e. The van der Waals surface area contributed by atoms with Gasteiger partial charge in [0.15, 0.2) is 0 Å². The first-order valence-electron chi connectivity index (χ1n) is 8.83. The average molecular weight is 329 g/mol. The number of nitrogens with zero attached hydrogens (tertiary/aromatic N) is 3.